The number of hydrogen-bond acceptors (Lipinski definition) is 5. The number of aromatic nitrogens is 2. The summed E-state index contributed by atoms with van der Waals surface area (Å²) in [6.07, 6.45) is 3.86. The Balaban J connectivity index is 1.79. The molecule has 6 nitrogen and oxygen atoms in total. The first-order valence-electron chi connectivity index (χ1n) is 9.63. The van der Waals surface area contributed by atoms with Crippen molar-refractivity contribution in [2.45, 2.75) is 30.7 Å². The number of amides is 1. The van der Waals surface area contributed by atoms with Crippen LogP contribution < -0.4 is 9.64 Å². The normalized spacial score (nSPS) is 11.5. The number of nitriles is 1. The van der Waals surface area contributed by atoms with Gasteiger partial charge in [-0.25, -0.2) is 4.98 Å². The SMILES string of the molecule is COc1ccc(-n2ccnc2SC(C)C(=O)N(CCC#N)c2ccc(C)cc2)cc1. The summed E-state index contributed by atoms with van der Waals surface area (Å²) in [5, 5.41) is 9.37. The summed E-state index contributed by atoms with van der Waals surface area (Å²) in [4.78, 5) is 19.4. The molecule has 0 saturated heterocycles. The Bertz CT molecular complexity index is 1020. The smallest absolute Gasteiger partial charge is 0.240 e. The Kier molecular flexibility index (Phi) is 7.15. The van der Waals surface area contributed by atoms with Crippen LogP contribution in [0.1, 0.15) is 18.9 Å². The summed E-state index contributed by atoms with van der Waals surface area (Å²) in [7, 11) is 1.63. The van der Waals surface area contributed by atoms with Crippen LogP contribution in [0.25, 0.3) is 5.69 Å². The van der Waals surface area contributed by atoms with Crippen LogP contribution in [0.3, 0.4) is 0 Å². The summed E-state index contributed by atoms with van der Waals surface area (Å²) in [5.74, 6) is 0.728. The predicted molar refractivity (Wildman–Crippen MR) is 119 cm³/mol. The summed E-state index contributed by atoms with van der Waals surface area (Å²) >= 11 is 1.40. The van der Waals surface area contributed by atoms with Gasteiger partial charge in [0.05, 0.1) is 24.8 Å². The fourth-order valence-corrected chi connectivity index (χ4v) is 3.94. The molecule has 3 aromatic rings. The minimum Gasteiger partial charge on any atom is -0.497 e. The van der Waals surface area contributed by atoms with Gasteiger partial charge in [0, 0.05) is 30.3 Å². The van der Waals surface area contributed by atoms with Crippen molar-refractivity contribution in [2.75, 3.05) is 18.6 Å². The average Bonchev–Trinajstić information content (AvgIpc) is 3.23. The Morgan fingerprint density at radius 1 is 1.23 bits per heavy atom. The van der Waals surface area contributed by atoms with E-state index in [1.807, 2.05) is 73.1 Å². The molecule has 0 saturated carbocycles. The highest BCUT2D eigenvalue weighted by atomic mass is 32.2. The van der Waals surface area contributed by atoms with E-state index < -0.39 is 0 Å². The molecule has 0 fully saturated rings. The van der Waals surface area contributed by atoms with Gasteiger partial charge in [-0.05, 0) is 50.2 Å². The maximum atomic E-state index is 13.2. The molecule has 0 aliphatic carbocycles. The van der Waals surface area contributed by atoms with E-state index in [1.165, 1.54) is 11.8 Å². The third-order valence-electron chi connectivity index (χ3n) is 4.65. The molecule has 30 heavy (non-hydrogen) atoms. The van der Waals surface area contributed by atoms with Gasteiger partial charge in [-0.3, -0.25) is 9.36 Å². The largest absolute Gasteiger partial charge is 0.497 e. The second-order valence-corrected chi connectivity index (χ2v) is 8.08. The van der Waals surface area contributed by atoms with Crippen LogP contribution in [0, 0.1) is 18.3 Å². The number of hydrogen-bond donors (Lipinski definition) is 0. The Hall–Kier alpha value is -3.24. The summed E-state index contributed by atoms with van der Waals surface area (Å²) in [6, 6.07) is 17.6. The van der Waals surface area contributed by atoms with E-state index in [0.29, 0.717) is 6.54 Å². The number of imidazole rings is 1. The number of benzene rings is 2. The summed E-state index contributed by atoms with van der Waals surface area (Å²) < 4.78 is 7.16. The minimum atomic E-state index is -0.371. The quantitative estimate of drug-likeness (QED) is 0.498. The molecule has 7 heteroatoms. The zero-order valence-electron chi connectivity index (χ0n) is 17.3. The van der Waals surface area contributed by atoms with E-state index in [0.717, 1.165) is 27.8 Å². The zero-order chi connectivity index (χ0) is 21.5. The van der Waals surface area contributed by atoms with E-state index in [2.05, 4.69) is 11.1 Å². The van der Waals surface area contributed by atoms with E-state index in [-0.39, 0.29) is 17.6 Å². The van der Waals surface area contributed by atoms with Gasteiger partial charge in [-0.1, -0.05) is 29.5 Å². The van der Waals surface area contributed by atoms with Crippen LogP contribution in [0.2, 0.25) is 0 Å². The van der Waals surface area contributed by atoms with E-state index >= 15 is 0 Å². The number of thioether (sulfide) groups is 1. The van der Waals surface area contributed by atoms with Gasteiger partial charge >= 0.3 is 0 Å². The zero-order valence-corrected chi connectivity index (χ0v) is 18.1. The van der Waals surface area contributed by atoms with E-state index in [4.69, 9.17) is 10.00 Å². The van der Waals surface area contributed by atoms with Crippen LogP contribution in [-0.4, -0.2) is 34.4 Å². The predicted octanol–water partition coefficient (Wildman–Crippen LogP) is 4.62. The molecule has 1 amide bonds. The number of aryl methyl sites for hydroxylation is 1. The monoisotopic (exact) mass is 420 g/mol. The molecule has 1 heterocycles. The van der Waals surface area contributed by atoms with Crippen LogP contribution in [-0.2, 0) is 4.79 Å². The minimum absolute atomic E-state index is 0.0524. The first-order chi connectivity index (χ1) is 14.5. The van der Waals surface area contributed by atoms with Crippen LogP contribution in [0.15, 0.2) is 66.1 Å². The number of rotatable bonds is 8. The van der Waals surface area contributed by atoms with Gasteiger partial charge < -0.3 is 9.64 Å². The van der Waals surface area contributed by atoms with Crippen molar-refractivity contribution in [1.82, 2.24) is 9.55 Å². The van der Waals surface area contributed by atoms with Crippen molar-refractivity contribution in [3.8, 4) is 17.5 Å². The topological polar surface area (TPSA) is 71.2 Å². The Morgan fingerprint density at radius 3 is 2.57 bits per heavy atom. The second kappa shape index (κ2) is 9.99. The highest BCUT2D eigenvalue weighted by Crippen LogP contribution is 2.28. The fourth-order valence-electron chi connectivity index (χ4n) is 3.00. The number of anilines is 1. The maximum Gasteiger partial charge on any atom is 0.240 e. The van der Waals surface area contributed by atoms with E-state index in [1.54, 1.807) is 18.2 Å². The van der Waals surface area contributed by atoms with Gasteiger partial charge in [0.25, 0.3) is 0 Å². The second-order valence-electron chi connectivity index (χ2n) is 6.77. The third-order valence-corrected chi connectivity index (χ3v) is 5.71. The fraction of sp³-hybridized carbons (Fsp3) is 0.261. The first-order valence-corrected chi connectivity index (χ1v) is 10.5. The van der Waals surface area contributed by atoms with Crippen molar-refractivity contribution in [2.24, 2.45) is 0 Å². The van der Waals surface area contributed by atoms with Crippen molar-refractivity contribution < 1.29 is 9.53 Å². The molecule has 1 aromatic heterocycles. The van der Waals surface area contributed by atoms with Gasteiger partial charge in [-0.15, -0.1) is 0 Å². The maximum absolute atomic E-state index is 13.2. The van der Waals surface area contributed by atoms with Crippen LogP contribution in [0.4, 0.5) is 5.69 Å². The lowest BCUT2D eigenvalue weighted by Crippen LogP contribution is -2.37. The van der Waals surface area contributed by atoms with Crippen LogP contribution in [0.5, 0.6) is 5.75 Å². The van der Waals surface area contributed by atoms with E-state index in [9.17, 15) is 4.79 Å². The highest BCUT2D eigenvalue weighted by molar-refractivity contribution is 8.00. The number of nitrogens with zero attached hydrogens (tertiary/aromatic N) is 4. The Morgan fingerprint density at radius 2 is 1.93 bits per heavy atom. The summed E-state index contributed by atoms with van der Waals surface area (Å²) in [6.45, 7) is 4.23. The van der Waals surface area contributed by atoms with Crippen molar-refractivity contribution >= 4 is 23.4 Å². The summed E-state index contributed by atoms with van der Waals surface area (Å²) in [5.41, 5.74) is 2.86. The van der Waals surface area contributed by atoms with Crippen molar-refractivity contribution in [1.29, 1.82) is 5.26 Å². The van der Waals surface area contributed by atoms with Gasteiger partial charge in [0.2, 0.25) is 5.91 Å². The van der Waals surface area contributed by atoms with Crippen molar-refractivity contribution in [3.63, 3.8) is 0 Å². The van der Waals surface area contributed by atoms with Crippen LogP contribution >= 0.6 is 11.8 Å². The molecule has 3 rings (SSSR count). The molecule has 0 spiro atoms. The molecular weight excluding hydrogens is 396 g/mol. The van der Waals surface area contributed by atoms with Gasteiger partial charge in [0.1, 0.15) is 5.75 Å². The average molecular weight is 421 g/mol. The number of ether oxygens (including phenoxy) is 1. The molecule has 0 aliphatic rings. The molecule has 0 radical (unpaired) electrons. The molecular formula is C23H24N4O2S. The van der Waals surface area contributed by atoms with Gasteiger partial charge in [0.15, 0.2) is 5.16 Å². The molecule has 0 bridgehead atoms. The number of carbonyl (C=O) groups excluding carboxylic acids is 1. The molecule has 0 aliphatic heterocycles. The standard InChI is InChI=1S/C23H24N4O2S/c1-17-5-7-19(8-6-17)26(15-4-13-24)22(28)18(2)30-23-25-14-16-27(23)20-9-11-21(29-3)12-10-20/h5-12,14,16,18H,4,15H2,1-3H3. The lowest BCUT2D eigenvalue weighted by molar-refractivity contribution is -0.117. The molecule has 1 atom stereocenters. The van der Waals surface area contributed by atoms with Gasteiger partial charge in [-0.2, -0.15) is 5.26 Å². The van der Waals surface area contributed by atoms with Crippen molar-refractivity contribution in [3.05, 3.63) is 66.5 Å². The molecule has 2 aromatic carbocycles. The lowest BCUT2D eigenvalue weighted by atomic mass is 10.2. The number of methoxy groups -OCH3 is 1. The molecule has 0 N–H and O–H groups in total. The first kappa shape index (κ1) is 21.5. The third kappa shape index (κ3) is 5.02. The number of carbonyl (C=O) groups is 1. The molecule has 1 unspecified atom stereocenters. The lowest BCUT2D eigenvalue weighted by Gasteiger charge is -2.25. The molecule has 154 valence electrons. The Labute approximate surface area is 181 Å². The highest BCUT2D eigenvalue weighted by Gasteiger charge is 2.24.